The molecule has 1 aromatic carbocycles. The first-order valence-corrected chi connectivity index (χ1v) is 9.22. The van der Waals surface area contributed by atoms with Crippen LogP contribution in [0, 0.1) is 0 Å². The highest BCUT2D eigenvalue weighted by molar-refractivity contribution is 7.91. The topological polar surface area (TPSA) is 49.4 Å². The van der Waals surface area contributed by atoms with Gasteiger partial charge in [0, 0.05) is 24.3 Å². The van der Waals surface area contributed by atoms with E-state index in [9.17, 15) is 8.42 Å². The predicted molar refractivity (Wildman–Crippen MR) is 81.9 cm³/mol. The monoisotopic (exact) mass is 294 g/mol. The molecule has 2 unspecified atom stereocenters. The summed E-state index contributed by atoms with van der Waals surface area (Å²) in [6.45, 7) is 4.02. The molecule has 0 aliphatic carbocycles. The highest BCUT2D eigenvalue weighted by Gasteiger charge is 2.35. The molecule has 3 rings (SSSR count). The molecule has 2 aliphatic heterocycles. The van der Waals surface area contributed by atoms with Crippen molar-refractivity contribution >= 4 is 15.5 Å². The van der Waals surface area contributed by atoms with Crippen LogP contribution in [0.25, 0.3) is 0 Å². The quantitative estimate of drug-likeness (QED) is 0.922. The summed E-state index contributed by atoms with van der Waals surface area (Å²) >= 11 is 0. The Morgan fingerprint density at radius 3 is 2.80 bits per heavy atom. The molecule has 0 saturated carbocycles. The number of fused-ring (bicyclic) bond motifs is 1. The Morgan fingerprint density at radius 1 is 1.30 bits per heavy atom. The summed E-state index contributed by atoms with van der Waals surface area (Å²) in [6, 6.07) is 8.96. The van der Waals surface area contributed by atoms with Crippen LogP contribution in [0.2, 0.25) is 0 Å². The van der Waals surface area contributed by atoms with Crippen molar-refractivity contribution in [3.8, 4) is 0 Å². The van der Waals surface area contributed by atoms with E-state index >= 15 is 0 Å². The molecule has 0 bridgehead atoms. The van der Waals surface area contributed by atoms with Crippen LogP contribution >= 0.6 is 0 Å². The average molecular weight is 294 g/mol. The fourth-order valence-electron chi connectivity index (χ4n) is 3.45. The van der Waals surface area contributed by atoms with Gasteiger partial charge in [-0.2, -0.15) is 0 Å². The molecule has 0 spiro atoms. The summed E-state index contributed by atoms with van der Waals surface area (Å²) in [7, 11) is -2.83. The highest BCUT2D eigenvalue weighted by Crippen LogP contribution is 2.36. The Morgan fingerprint density at radius 2 is 2.10 bits per heavy atom. The zero-order valence-electron chi connectivity index (χ0n) is 11.9. The van der Waals surface area contributed by atoms with Crippen LogP contribution in [-0.2, 0) is 9.84 Å². The van der Waals surface area contributed by atoms with Crippen molar-refractivity contribution in [3.05, 3.63) is 29.8 Å². The number of sulfone groups is 1. The van der Waals surface area contributed by atoms with Gasteiger partial charge < -0.3 is 10.2 Å². The molecule has 1 N–H and O–H groups in total. The standard InChI is InChI=1S/C15H22N2O2S/c1-2-16-14-7-9-17(12-8-10-20(18,19)11-12)15-6-4-3-5-13(14)15/h3-6,12,14,16H,2,7-11H2,1H3. The van der Waals surface area contributed by atoms with Crippen LogP contribution in [0.4, 0.5) is 5.69 Å². The summed E-state index contributed by atoms with van der Waals surface area (Å²) in [5, 5.41) is 3.52. The van der Waals surface area contributed by atoms with Crippen molar-refractivity contribution < 1.29 is 8.42 Å². The number of hydrogen-bond acceptors (Lipinski definition) is 4. The fourth-order valence-corrected chi connectivity index (χ4v) is 5.18. The van der Waals surface area contributed by atoms with E-state index in [0.717, 1.165) is 25.9 Å². The van der Waals surface area contributed by atoms with Crippen molar-refractivity contribution in [1.82, 2.24) is 5.32 Å². The molecule has 4 nitrogen and oxygen atoms in total. The second-order valence-electron chi connectivity index (χ2n) is 5.71. The lowest BCUT2D eigenvalue weighted by Crippen LogP contribution is -2.42. The van der Waals surface area contributed by atoms with E-state index in [-0.39, 0.29) is 6.04 Å². The lowest BCUT2D eigenvalue weighted by Gasteiger charge is -2.39. The number of benzene rings is 1. The molecule has 1 fully saturated rings. The van der Waals surface area contributed by atoms with Crippen LogP contribution in [0.3, 0.4) is 0 Å². The van der Waals surface area contributed by atoms with Gasteiger partial charge >= 0.3 is 0 Å². The van der Waals surface area contributed by atoms with Gasteiger partial charge in [0.25, 0.3) is 0 Å². The number of hydrogen-bond donors (Lipinski definition) is 1. The maximum atomic E-state index is 11.7. The third kappa shape index (κ3) is 2.56. The average Bonchev–Trinajstić information content (AvgIpc) is 2.79. The second-order valence-corrected chi connectivity index (χ2v) is 7.94. The summed E-state index contributed by atoms with van der Waals surface area (Å²) in [5.74, 6) is 0.653. The molecule has 2 heterocycles. The third-order valence-corrected chi connectivity index (χ3v) is 6.13. The first-order valence-electron chi connectivity index (χ1n) is 7.40. The van der Waals surface area contributed by atoms with Gasteiger partial charge in [0.05, 0.1) is 11.5 Å². The van der Waals surface area contributed by atoms with Crippen molar-refractivity contribution in [2.45, 2.75) is 31.8 Å². The lowest BCUT2D eigenvalue weighted by molar-refractivity contribution is 0.472. The highest BCUT2D eigenvalue weighted by atomic mass is 32.2. The fraction of sp³-hybridized carbons (Fsp3) is 0.600. The van der Waals surface area contributed by atoms with Gasteiger partial charge in [-0.25, -0.2) is 8.42 Å². The molecule has 5 heteroatoms. The van der Waals surface area contributed by atoms with E-state index in [1.165, 1.54) is 11.3 Å². The minimum absolute atomic E-state index is 0.156. The van der Waals surface area contributed by atoms with Crippen molar-refractivity contribution in [3.63, 3.8) is 0 Å². The first kappa shape index (κ1) is 13.9. The molecule has 0 radical (unpaired) electrons. The van der Waals surface area contributed by atoms with E-state index in [1.807, 2.05) is 6.07 Å². The first-order chi connectivity index (χ1) is 9.61. The molecule has 2 atom stereocenters. The largest absolute Gasteiger partial charge is 0.367 e. The van der Waals surface area contributed by atoms with Crippen molar-refractivity contribution in [2.75, 3.05) is 29.5 Å². The minimum atomic E-state index is -2.83. The zero-order valence-corrected chi connectivity index (χ0v) is 12.7. The molecule has 0 amide bonds. The van der Waals surface area contributed by atoms with Gasteiger partial charge in [-0.3, -0.25) is 0 Å². The van der Waals surface area contributed by atoms with Crippen LogP contribution in [0.15, 0.2) is 24.3 Å². The van der Waals surface area contributed by atoms with E-state index in [1.54, 1.807) is 0 Å². The smallest absolute Gasteiger partial charge is 0.152 e. The SMILES string of the molecule is CCNC1CCN(C2CCS(=O)(=O)C2)c2ccccc21. The molecule has 110 valence electrons. The van der Waals surface area contributed by atoms with Crippen LogP contribution in [0.5, 0.6) is 0 Å². The van der Waals surface area contributed by atoms with Gasteiger partial charge in [0.15, 0.2) is 9.84 Å². The number of nitrogens with one attached hydrogen (secondary N) is 1. The van der Waals surface area contributed by atoms with Crippen LogP contribution < -0.4 is 10.2 Å². The Bertz CT molecular complexity index is 585. The summed E-state index contributed by atoms with van der Waals surface area (Å²) < 4.78 is 23.4. The lowest BCUT2D eigenvalue weighted by atomic mass is 9.95. The summed E-state index contributed by atoms with van der Waals surface area (Å²) in [4.78, 5) is 2.31. The van der Waals surface area contributed by atoms with Crippen LogP contribution in [0.1, 0.15) is 31.4 Å². The van der Waals surface area contributed by atoms with E-state index in [0.29, 0.717) is 17.5 Å². The van der Waals surface area contributed by atoms with Crippen molar-refractivity contribution in [1.29, 1.82) is 0 Å². The maximum absolute atomic E-state index is 11.7. The van der Waals surface area contributed by atoms with Gasteiger partial charge in [-0.1, -0.05) is 25.1 Å². The van der Waals surface area contributed by atoms with Gasteiger partial charge in [-0.15, -0.1) is 0 Å². The number of nitrogens with zero attached hydrogens (tertiary/aromatic N) is 1. The minimum Gasteiger partial charge on any atom is -0.367 e. The third-order valence-electron chi connectivity index (χ3n) is 4.38. The molecular formula is C15H22N2O2S. The normalized spacial score (nSPS) is 28.4. The second kappa shape index (κ2) is 5.37. The Hall–Kier alpha value is -1.07. The molecule has 2 aliphatic rings. The molecule has 20 heavy (non-hydrogen) atoms. The molecule has 1 saturated heterocycles. The Balaban J connectivity index is 1.89. The predicted octanol–water partition coefficient (Wildman–Crippen LogP) is 1.73. The van der Waals surface area contributed by atoms with E-state index in [4.69, 9.17) is 0 Å². The molecule has 1 aromatic rings. The van der Waals surface area contributed by atoms with Gasteiger partial charge in [0.1, 0.15) is 0 Å². The van der Waals surface area contributed by atoms with E-state index < -0.39 is 9.84 Å². The number of anilines is 1. The number of rotatable bonds is 3. The van der Waals surface area contributed by atoms with Crippen LogP contribution in [-0.4, -0.2) is 39.1 Å². The zero-order chi connectivity index (χ0) is 14.2. The summed E-state index contributed by atoms with van der Waals surface area (Å²) in [6.07, 6.45) is 1.81. The van der Waals surface area contributed by atoms with Gasteiger partial charge in [-0.05, 0) is 31.0 Å². The molecule has 0 aromatic heterocycles. The van der Waals surface area contributed by atoms with Crippen molar-refractivity contribution in [2.24, 2.45) is 0 Å². The Kier molecular flexibility index (Phi) is 3.73. The van der Waals surface area contributed by atoms with E-state index in [2.05, 4.69) is 35.3 Å². The Labute approximate surface area is 121 Å². The maximum Gasteiger partial charge on any atom is 0.152 e. The van der Waals surface area contributed by atoms with Gasteiger partial charge in [0.2, 0.25) is 0 Å². The number of para-hydroxylation sites is 1. The summed E-state index contributed by atoms with van der Waals surface area (Å²) in [5.41, 5.74) is 2.52. The molecular weight excluding hydrogens is 272 g/mol.